The first kappa shape index (κ1) is 61.1. The van der Waals surface area contributed by atoms with Crippen molar-refractivity contribution in [2.24, 2.45) is 23.0 Å². The molecule has 0 saturated carbocycles. The van der Waals surface area contributed by atoms with Crippen LogP contribution in [-0.4, -0.2) is 123 Å². The number of nitrogens with zero attached hydrogens (tertiary/aromatic N) is 2. The maximum atomic E-state index is 14.0. The molecule has 0 aromatic heterocycles. The second-order valence-electron chi connectivity index (χ2n) is 20.4. The number of nitrogens with two attached hydrogens (primary N) is 1. The zero-order valence-corrected chi connectivity index (χ0v) is 45.0. The third-order valence-corrected chi connectivity index (χ3v) is 13.7. The minimum Gasteiger partial charge on any atom is -0.344 e. The van der Waals surface area contributed by atoms with Crippen LogP contribution in [0.3, 0.4) is 0 Å². The summed E-state index contributed by atoms with van der Waals surface area (Å²) in [6.07, 6.45) is 7.09. The predicted molar refractivity (Wildman–Crippen MR) is 281 cm³/mol. The van der Waals surface area contributed by atoms with Crippen LogP contribution in [0.25, 0.3) is 0 Å². The average Bonchev–Trinajstić information content (AvgIpc) is 3.64. The Balaban J connectivity index is 1.67. The Morgan fingerprint density at radius 2 is 1.38 bits per heavy atom. The van der Waals surface area contributed by atoms with E-state index in [1.165, 1.54) is 54.3 Å². The van der Waals surface area contributed by atoms with Crippen molar-refractivity contribution in [1.29, 1.82) is 0 Å². The van der Waals surface area contributed by atoms with E-state index in [2.05, 4.69) is 31.3 Å². The molecule has 19 nitrogen and oxygen atoms in total. The fourth-order valence-corrected chi connectivity index (χ4v) is 9.36. The largest absolute Gasteiger partial charge is 0.344 e. The first-order valence-electron chi connectivity index (χ1n) is 25.0. The van der Waals surface area contributed by atoms with E-state index in [4.69, 9.17) is 5.73 Å². The highest BCUT2D eigenvalue weighted by Crippen LogP contribution is 2.25. The number of anilines is 1. The van der Waals surface area contributed by atoms with Gasteiger partial charge in [0, 0.05) is 49.8 Å². The number of unbranched alkanes of at least 4 members (excludes halogenated alkanes) is 3. The Morgan fingerprint density at radius 3 is 1.95 bits per heavy atom. The lowest BCUT2D eigenvalue weighted by Gasteiger charge is -2.38. The molecule has 1 heterocycles. The number of carbonyl (C=O) groups is 8. The molecule has 73 heavy (non-hydrogen) atoms. The normalized spacial score (nSPS) is 15.1. The Labute approximate surface area is 431 Å². The van der Waals surface area contributed by atoms with Gasteiger partial charge in [-0.05, 0) is 93.1 Å². The van der Waals surface area contributed by atoms with E-state index in [1.54, 1.807) is 14.1 Å². The zero-order chi connectivity index (χ0) is 54.6. The Morgan fingerprint density at radius 1 is 0.753 bits per heavy atom. The van der Waals surface area contributed by atoms with Crippen LogP contribution < -0.4 is 37.0 Å². The smallest absolute Gasteiger partial charge is 0.260 e. The van der Waals surface area contributed by atoms with E-state index in [0.29, 0.717) is 49.9 Å². The van der Waals surface area contributed by atoms with Gasteiger partial charge in [-0.1, -0.05) is 103 Å². The maximum Gasteiger partial charge on any atom is 0.260 e. The van der Waals surface area contributed by atoms with E-state index < -0.39 is 69.1 Å². The Kier molecular flexibility index (Phi) is 24.1. The summed E-state index contributed by atoms with van der Waals surface area (Å²) in [6, 6.07) is 11.0. The van der Waals surface area contributed by atoms with E-state index >= 15 is 0 Å². The standard InChI is InChI=1S/C53H79N9O10S/c1-34(2)42(61(10)52(70)47(53(6,7)8)59-51(69)46(55-9)35(3)4)31-36(5)48(66)60-73(71,72)33-38-23-25-39(26-24-38)56-49(67)40(21-16-17-29-54)58-50(68)41(32-37-19-13-11-14-20-37)57-43(63)22-15-12-18-30-62-44(64)27-28-45(62)65/h11,13-14,19-20,23-28,31,34-35,40-42,46-47,55H,12,15-18,21-22,29-30,32-33,54H2,1-10H3,(H,56,67)(H,57,63)(H,58,68)(H,59,69)(H,60,66). The first-order chi connectivity index (χ1) is 34.3. The topological polar surface area (TPSA) is 275 Å². The molecule has 1 aliphatic heterocycles. The summed E-state index contributed by atoms with van der Waals surface area (Å²) < 4.78 is 28.8. The second kappa shape index (κ2) is 28.8. The van der Waals surface area contributed by atoms with Crippen molar-refractivity contribution in [3.63, 3.8) is 0 Å². The quantitative estimate of drug-likeness (QED) is 0.0350. The fraction of sp³-hybridized carbons (Fsp3) is 0.547. The van der Waals surface area contributed by atoms with Gasteiger partial charge in [-0.3, -0.25) is 43.3 Å². The Bertz CT molecular complexity index is 2380. The van der Waals surface area contributed by atoms with Crippen molar-refractivity contribution in [3.05, 3.63) is 89.5 Å². The number of amides is 8. The van der Waals surface area contributed by atoms with Crippen molar-refractivity contribution in [3.8, 4) is 0 Å². The number of sulfonamides is 1. The number of hydrogen-bond acceptors (Lipinski definition) is 12. The monoisotopic (exact) mass is 1030 g/mol. The van der Waals surface area contributed by atoms with Gasteiger partial charge in [-0.15, -0.1) is 0 Å². The summed E-state index contributed by atoms with van der Waals surface area (Å²) in [6.45, 7) is 15.1. The molecule has 2 aromatic carbocycles. The molecule has 5 atom stereocenters. The van der Waals surface area contributed by atoms with Crippen LogP contribution in [0.4, 0.5) is 5.69 Å². The van der Waals surface area contributed by atoms with Crippen molar-refractivity contribution in [2.75, 3.05) is 32.5 Å². The van der Waals surface area contributed by atoms with Crippen LogP contribution in [0, 0.1) is 17.3 Å². The molecule has 8 N–H and O–H groups in total. The van der Waals surface area contributed by atoms with Gasteiger partial charge in [-0.2, -0.15) is 0 Å². The number of hydrogen-bond donors (Lipinski definition) is 7. The maximum absolute atomic E-state index is 14.0. The molecule has 0 radical (unpaired) electrons. The number of imide groups is 1. The molecular weight excluding hydrogens is 955 g/mol. The highest BCUT2D eigenvalue weighted by atomic mass is 32.2. The first-order valence-corrected chi connectivity index (χ1v) is 26.7. The molecule has 0 aliphatic carbocycles. The van der Waals surface area contributed by atoms with E-state index in [-0.39, 0.29) is 72.8 Å². The number of benzene rings is 2. The molecular formula is C53H79N9O10S. The van der Waals surface area contributed by atoms with Crippen LogP contribution in [0.2, 0.25) is 0 Å². The van der Waals surface area contributed by atoms with Crippen LogP contribution in [0.15, 0.2) is 78.4 Å². The van der Waals surface area contributed by atoms with Crippen molar-refractivity contribution < 1.29 is 46.8 Å². The van der Waals surface area contributed by atoms with E-state index in [1.807, 2.05) is 78.8 Å². The summed E-state index contributed by atoms with van der Waals surface area (Å²) in [4.78, 5) is 108. The predicted octanol–water partition coefficient (Wildman–Crippen LogP) is 3.60. The lowest BCUT2D eigenvalue weighted by Crippen LogP contribution is -2.59. The highest BCUT2D eigenvalue weighted by Gasteiger charge is 2.38. The molecule has 0 bridgehead atoms. The van der Waals surface area contributed by atoms with Crippen molar-refractivity contribution in [2.45, 2.75) is 143 Å². The summed E-state index contributed by atoms with van der Waals surface area (Å²) in [7, 11) is -0.975. The lowest BCUT2D eigenvalue weighted by molar-refractivity contribution is -0.140. The molecule has 8 amide bonds. The van der Waals surface area contributed by atoms with Gasteiger partial charge in [0.15, 0.2) is 0 Å². The molecule has 2 aromatic rings. The molecule has 3 rings (SSSR count). The van der Waals surface area contributed by atoms with Gasteiger partial charge in [0.05, 0.1) is 17.8 Å². The van der Waals surface area contributed by atoms with Gasteiger partial charge in [0.1, 0.15) is 18.1 Å². The molecule has 0 spiro atoms. The van der Waals surface area contributed by atoms with E-state index in [0.717, 1.165) is 10.5 Å². The molecule has 20 heteroatoms. The number of nitrogens with one attached hydrogen (secondary N) is 6. The summed E-state index contributed by atoms with van der Waals surface area (Å²) in [5.74, 6) is -4.60. The van der Waals surface area contributed by atoms with Gasteiger partial charge in [-0.25, -0.2) is 13.1 Å². The number of likely N-dealkylation sites (N-methyl/N-ethyl adjacent to an activating group) is 2. The molecule has 402 valence electrons. The van der Waals surface area contributed by atoms with Gasteiger partial charge in [0.2, 0.25) is 39.6 Å². The van der Waals surface area contributed by atoms with Crippen molar-refractivity contribution in [1.82, 2.24) is 35.8 Å². The third kappa shape index (κ3) is 19.9. The zero-order valence-electron chi connectivity index (χ0n) is 44.2. The summed E-state index contributed by atoms with van der Waals surface area (Å²) in [5, 5.41) is 14.3. The summed E-state index contributed by atoms with van der Waals surface area (Å²) >= 11 is 0. The SMILES string of the molecule is CNC(C(=O)NC(C(=O)N(C)C(C=C(C)C(=O)NS(=O)(=O)Cc1ccc(NC(=O)C(CCCCN)NC(=O)C(Cc2ccccc2)NC(=O)CCCCCN2C(=O)C=CC2=O)cc1)C(C)C)C(C)(C)C)C(C)C. The van der Waals surface area contributed by atoms with E-state index in [9.17, 15) is 46.8 Å². The highest BCUT2D eigenvalue weighted by molar-refractivity contribution is 7.89. The minimum atomic E-state index is -4.24. The van der Waals surface area contributed by atoms with Gasteiger partial charge < -0.3 is 37.2 Å². The average molecular weight is 1030 g/mol. The number of carbonyl (C=O) groups excluding carboxylic acids is 8. The van der Waals surface area contributed by atoms with Crippen molar-refractivity contribution >= 4 is 63.0 Å². The molecule has 0 saturated heterocycles. The molecule has 0 fully saturated rings. The minimum absolute atomic E-state index is 0.0354. The van der Waals surface area contributed by atoms with Crippen LogP contribution in [0.5, 0.6) is 0 Å². The van der Waals surface area contributed by atoms with Crippen LogP contribution in [0.1, 0.15) is 111 Å². The molecule has 1 aliphatic rings. The fourth-order valence-electron chi connectivity index (χ4n) is 8.22. The van der Waals surface area contributed by atoms with Gasteiger partial charge in [0.25, 0.3) is 17.7 Å². The summed E-state index contributed by atoms with van der Waals surface area (Å²) in [5.41, 5.74) is 6.53. The Hall–Kier alpha value is -6.25. The lowest BCUT2D eigenvalue weighted by atomic mass is 9.84. The third-order valence-electron chi connectivity index (χ3n) is 12.4. The second-order valence-corrected chi connectivity index (χ2v) is 22.1. The number of rotatable bonds is 29. The van der Waals surface area contributed by atoms with Crippen LogP contribution >= 0.6 is 0 Å². The molecule has 5 unspecified atom stereocenters. The van der Waals surface area contributed by atoms with Gasteiger partial charge >= 0.3 is 0 Å². The van der Waals surface area contributed by atoms with Crippen LogP contribution in [-0.2, 0) is 60.6 Å².